The molecule has 106 valence electrons. The van der Waals surface area contributed by atoms with Crippen LogP contribution in [0.15, 0.2) is 0 Å². The first kappa shape index (κ1) is 15.0. The second-order valence-electron chi connectivity index (χ2n) is 4.08. The van der Waals surface area contributed by atoms with Gasteiger partial charge in [-0.25, -0.2) is 18.0 Å². The summed E-state index contributed by atoms with van der Waals surface area (Å²) >= 11 is 0. The van der Waals surface area contributed by atoms with E-state index in [1.54, 1.807) is 0 Å². The van der Waals surface area contributed by atoms with E-state index in [1.807, 2.05) is 0 Å². The lowest BCUT2D eigenvalue weighted by Gasteiger charge is -2.35. The van der Waals surface area contributed by atoms with Crippen LogP contribution in [-0.2, 0) is 4.74 Å². The summed E-state index contributed by atoms with van der Waals surface area (Å²) in [5.74, 6) is -3.13. The Morgan fingerprint density at radius 1 is 1.28 bits per heavy atom. The number of amides is 1. The van der Waals surface area contributed by atoms with Gasteiger partial charge < -0.3 is 14.7 Å². The van der Waals surface area contributed by atoms with Crippen LogP contribution >= 0.6 is 0 Å². The van der Waals surface area contributed by atoms with Gasteiger partial charge in [-0.15, -0.1) is 0 Å². The molecule has 0 aliphatic carbocycles. The summed E-state index contributed by atoms with van der Waals surface area (Å²) < 4.78 is 42.2. The van der Waals surface area contributed by atoms with Crippen molar-refractivity contribution in [3.05, 3.63) is 0 Å². The molecule has 0 atom stereocenters. The molecule has 0 bridgehead atoms. The highest BCUT2D eigenvalue weighted by Crippen LogP contribution is 2.15. The average Bonchev–Trinajstić information content (AvgIpc) is 2.36. The average molecular weight is 270 g/mol. The molecule has 1 saturated heterocycles. The standard InChI is InChI=1S/C10H17F3N2O3/c11-1-6-18-9(17)15-4-2-14(3-5-15)7-10(12,13)8-16/h16H,1-8H2. The van der Waals surface area contributed by atoms with Crippen LogP contribution in [0.1, 0.15) is 0 Å². The number of hydrogen-bond donors (Lipinski definition) is 1. The van der Waals surface area contributed by atoms with Gasteiger partial charge in [-0.2, -0.15) is 0 Å². The Balaban J connectivity index is 2.30. The molecule has 0 aromatic rings. The van der Waals surface area contributed by atoms with Crippen LogP contribution < -0.4 is 0 Å². The first-order valence-corrected chi connectivity index (χ1v) is 5.67. The van der Waals surface area contributed by atoms with Gasteiger partial charge in [0.2, 0.25) is 0 Å². The van der Waals surface area contributed by atoms with E-state index in [0.717, 1.165) is 0 Å². The zero-order valence-corrected chi connectivity index (χ0v) is 9.95. The predicted molar refractivity (Wildman–Crippen MR) is 57.4 cm³/mol. The van der Waals surface area contributed by atoms with Crippen molar-refractivity contribution < 1.29 is 27.8 Å². The fourth-order valence-corrected chi connectivity index (χ4v) is 1.68. The second kappa shape index (κ2) is 6.79. The van der Waals surface area contributed by atoms with Gasteiger partial charge in [-0.3, -0.25) is 4.90 Å². The number of alkyl halides is 3. The molecular weight excluding hydrogens is 253 g/mol. The second-order valence-corrected chi connectivity index (χ2v) is 4.08. The Hall–Kier alpha value is -1.02. The van der Waals surface area contributed by atoms with Crippen molar-refractivity contribution in [3.8, 4) is 0 Å². The lowest BCUT2D eigenvalue weighted by molar-refractivity contribution is -0.0779. The molecule has 0 radical (unpaired) electrons. The first-order chi connectivity index (χ1) is 8.48. The largest absolute Gasteiger partial charge is 0.447 e. The highest BCUT2D eigenvalue weighted by molar-refractivity contribution is 5.67. The highest BCUT2D eigenvalue weighted by Gasteiger charge is 2.32. The van der Waals surface area contributed by atoms with E-state index < -0.39 is 31.8 Å². The van der Waals surface area contributed by atoms with Crippen LogP contribution in [0, 0.1) is 0 Å². The number of aliphatic hydroxyl groups excluding tert-OH is 1. The minimum absolute atomic E-state index is 0.257. The number of carbonyl (C=O) groups excluding carboxylic acids is 1. The van der Waals surface area contributed by atoms with E-state index >= 15 is 0 Å². The van der Waals surface area contributed by atoms with E-state index in [-0.39, 0.29) is 32.8 Å². The van der Waals surface area contributed by atoms with E-state index in [0.29, 0.717) is 0 Å². The van der Waals surface area contributed by atoms with Crippen LogP contribution in [-0.4, -0.2) is 79.5 Å². The summed E-state index contributed by atoms with van der Waals surface area (Å²) in [5, 5.41) is 8.47. The first-order valence-electron chi connectivity index (χ1n) is 5.67. The monoisotopic (exact) mass is 270 g/mol. The lowest BCUT2D eigenvalue weighted by Crippen LogP contribution is -2.52. The third kappa shape index (κ3) is 4.69. The van der Waals surface area contributed by atoms with Crippen LogP contribution in [0.3, 0.4) is 0 Å². The van der Waals surface area contributed by atoms with Crippen LogP contribution in [0.2, 0.25) is 0 Å². The molecule has 0 unspecified atom stereocenters. The number of piperazine rings is 1. The van der Waals surface area contributed by atoms with Gasteiger partial charge in [-0.05, 0) is 0 Å². The summed E-state index contributed by atoms with van der Waals surface area (Å²) in [6.45, 7) is -1.68. The van der Waals surface area contributed by atoms with Crippen molar-refractivity contribution in [1.29, 1.82) is 0 Å². The Kier molecular flexibility index (Phi) is 5.67. The third-order valence-corrected chi connectivity index (χ3v) is 2.62. The molecule has 0 saturated carbocycles. The third-order valence-electron chi connectivity index (χ3n) is 2.62. The molecule has 1 aliphatic heterocycles. The maximum Gasteiger partial charge on any atom is 0.409 e. The van der Waals surface area contributed by atoms with Crippen molar-refractivity contribution in [3.63, 3.8) is 0 Å². The van der Waals surface area contributed by atoms with Crippen molar-refractivity contribution in [2.45, 2.75) is 5.92 Å². The molecule has 18 heavy (non-hydrogen) atoms. The Morgan fingerprint density at radius 2 is 1.89 bits per heavy atom. The number of hydrogen-bond acceptors (Lipinski definition) is 4. The molecule has 1 amide bonds. The van der Waals surface area contributed by atoms with Crippen molar-refractivity contribution >= 4 is 6.09 Å². The number of halogens is 3. The predicted octanol–water partition coefficient (Wildman–Crippen LogP) is 0.338. The van der Waals surface area contributed by atoms with Gasteiger partial charge in [0.25, 0.3) is 5.92 Å². The zero-order valence-electron chi connectivity index (χ0n) is 9.95. The van der Waals surface area contributed by atoms with Gasteiger partial charge in [0.15, 0.2) is 0 Å². The molecule has 0 spiro atoms. The number of rotatable bonds is 5. The Bertz CT molecular complexity index is 271. The van der Waals surface area contributed by atoms with Crippen molar-refractivity contribution in [2.24, 2.45) is 0 Å². The maximum atomic E-state index is 12.9. The van der Waals surface area contributed by atoms with E-state index in [1.165, 1.54) is 9.80 Å². The molecular formula is C10H17F3N2O3. The smallest absolute Gasteiger partial charge is 0.409 e. The molecule has 0 aromatic heterocycles. The number of nitrogens with zero attached hydrogens (tertiary/aromatic N) is 2. The van der Waals surface area contributed by atoms with Crippen LogP contribution in [0.25, 0.3) is 0 Å². The molecule has 0 aromatic carbocycles. The Labute approximate surface area is 103 Å². The van der Waals surface area contributed by atoms with Crippen LogP contribution in [0.5, 0.6) is 0 Å². The van der Waals surface area contributed by atoms with Crippen molar-refractivity contribution in [2.75, 3.05) is 52.6 Å². The minimum Gasteiger partial charge on any atom is -0.447 e. The summed E-state index contributed by atoms with van der Waals surface area (Å²) in [6, 6.07) is 0. The van der Waals surface area contributed by atoms with Gasteiger partial charge in [0, 0.05) is 26.2 Å². The van der Waals surface area contributed by atoms with Gasteiger partial charge in [0.05, 0.1) is 6.54 Å². The highest BCUT2D eigenvalue weighted by atomic mass is 19.3. The molecule has 1 aliphatic rings. The normalized spacial score (nSPS) is 17.9. The van der Waals surface area contributed by atoms with E-state index in [9.17, 15) is 18.0 Å². The Morgan fingerprint density at radius 3 is 2.39 bits per heavy atom. The van der Waals surface area contributed by atoms with Gasteiger partial charge in [-0.1, -0.05) is 0 Å². The summed E-state index contributed by atoms with van der Waals surface area (Å²) in [7, 11) is 0. The van der Waals surface area contributed by atoms with Crippen molar-refractivity contribution in [1.82, 2.24) is 9.80 Å². The molecule has 1 fully saturated rings. The summed E-state index contributed by atoms with van der Waals surface area (Å²) in [4.78, 5) is 14.2. The minimum atomic E-state index is -3.13. The number of aliphatic hydroxyl groups is 1. The maximum absolute atomic E-state index is 12.9. The quantitative estimate of drug-likeness (QED) is 0.782. The van der Waals surface area contributed by atoms with Crippen LogP contribution in [0.4, 0.5) is 18.0 Å². The summed E-state index contributed by atoms with van der Waals surface area (Å²) in [5.41, 5.74) is 0. The lowest BCUT2D eigenvalue weighted by atomic mass is 10.2. The molecule has 5 nitrogen and oxygen atoms in total. The zero-order chi connectivity index (χ0) is 13.6. The fraction of sp³-hybridized carbons (Fsp3) is 0.900. The fourth-order valence-electron chi connectivity index (χ4n) is 1.68. The topological polar surface area (TPSA) is 53.0 Å². The van der Waals surface area contributed by atoms with E-state index in [4.69, 9.17) is 5.11 Å². The molecule has 1 rings (SSSR count). The van der Waals surface area contributed by atoms with Gasteiger partial charge in [0.1, 0.15) is 19.9 Å². The number of carbonyl (C=O) groups is 1. The molecule has 8 heteroatoms. The molecule has 1 N–H and O–H groups in total. The van der Waals surface area contributed by atoms with Gasteiger partial charge >= 0.3 is 6.09 Å². The SMILES string of the molecule is O=C(OCCF)N1CCN(CC(F)(F)CO)CC1. The number of ether oxygens (including phenoxy) is 1. The summed E-state index contributed by atoms with van der Waals surface area (Å²) in [6.07, 6.45) is -0.624. The van der Waals surface area contributed by atoms with E-state index in [2.05, 4.69) is 4.74 Å². The molecule has 1 heterocycles.